The second-order valence-corrected chi connectivity index (χ2v) is 11.2. The average Bonchev–Trinajstić information content (AvgIpc) is 2.84. The minimum absolute atomic E-state index is 0.119. The number of benzene rings is 1. The fourth-order valence-electron chi connectivity index (χ4n) is 4.01. The van der Waals surface area contributed by atoms with E-state index in [1.807, 2.05) is 12.1 Å². The van der Waals surface area contributed by atoms with Crippen molar-refractivity contribution in [3.63, 3.8) is 0 Å². The van der Waals surface area contributed by atoms with Crippen LogP contribution in [-0.2, 0) is 26.0 Å². The Morgan fingerprint density at radius 2 is 1.29 bits per heavy atom. The summed E-state index contributed by atoms with van der Waals surface area (Å²) in [7, 11) is -3.23. The van der Waals surface area contributed by atoms with Crippen molar-refractivity contribution in [2.75, 3.05) is 25.5 Å². The Morgan fingerprint density at radius 3 is 1.80 bits per heavy atom. The topological polar surface area (TPSA) is 81.7 Å². The standard InChI is InChI=1S/C28H49NO5S/c1-3-5-6-7-8-9-10-11-12-13-14-15-16-17-24-35(31,32)29-23-22-26-18-20-27(21-19-26)34-25-28(30)33-4-2/h18-21,29H,3-17,22-25H2,1-2H3. The zero-order valence-corrected chi connectivity index (χ0v) is 23.0. The summed E-state index contributed by atoms with van der Waals surface area (Å²) in [6.07, 6.45) is 18.2. The Labute approximate surface area is 214 Å². The van der Waals surface area contributed by atoms with Gasteiger partial charge in [-0.25, -0.2) is 17.9 Å². The molecule has 0 aliphatic heterocycles. The lowest BCUT2D eigenvalue weighted by Crippen LogP contribution is -2.28. The highest BCUT2D eigenvalue weighted by Gasteiger charge is 2.09. The summed E-state index contributed by atoms with van der Waals surface area (Å²) in [6.45, 7) is 4.60. The molecule has 35 heavy (non-hydrogen) atoms. The lowest BCUT2D eigenvalue weighted by atomic mass is 10.0. The molecule has 0 radical (unpaired) electrons. The first kappa shape index (κ1) is 31.4. The van der Waals surface area contributed by atoms with E-state index in [1.165, 1.54) is 70.6 Å². The highest BCUT2D eigenvalue weighted by molar-refractivity contribution is 7.89. The van der Waals surface area contributed by atoms with Gasteiger partial charge in [-0.1, -0.05) is 103 Å². The lowest BCUT2D eigenvalue weighted by molar-refractivity contribution is -0.145. The van der Waals surface area contributed by atoms with Gasteiger partial charge in [0.1, 0.15) is 5.75 Å². The summed E-state index contributed by atoms with van der Waals surface area (Å²) in [5.41, 5.74) is 1.01. The summed E-state index contributed by atoms with van der Waals surface area (Å²) >= 11 is 0. The van der Waals surface area contributed by atoms with Gasteiger partial charge in [0.2, 0.25) is 10.0 Å². The van der Waals surface area contributed by atoms with Crippen molar-refractivity contribution in [2.45, 2.75) is 110 Å². The van der Waals surface area contributed by atoms with Gasteiger partial charge in [0.25, 0.3) is 0 Å². The summed E-state index contributed by atoms with van der Waals surface area (Å²) in [6, 6.07) is 7.31. The Kier molecular flexibility index (Phi) is 18.5. The van der Waals surface area contributed by atoms with Crippen LogP contribution in [0.1, 0.15) is 109 Å². The van der Waals surface area contributed by atoms with Gasteiger partial charge in [-0.15, -0.1) is 0 Å². The van der Waals surface area contributed by atoms with Crippen LogP contribution in [-0.4, -0.2) is 39.9 Å². The maximum atomic E-state index is 12.2. The van der Waals surface area contributed by atoms with E-state index < -0.39 is 16.0 Å². The van der Waals surface area contributed by atoms with Crippen molar-refractivity contribution in [1.29, 1.82) is 0 Å². The fraction of sp³-hybridized carbons (Fsp3) is 0.750. The number of hydrogen-bond donors (Lipinski definition) is 1. The molecular formula is C28H49NO5S. The normalized spacial score (nSPS) is 11.5. The van der Waals surface area contributed by atoms with Crippen LogP contribution >= 0.6 is 0 Å². The van der Waals surface area contributed by atoms with Gasteiger partial charge in [-0.2, -0.15) is 0 Å². The maximum Gasteiger partial charge on any atom is 0.344 e. The van der Waals surface area contributed by atoms with E-state index in [0.29, 0.717) is 25.3 Å². The molecule has 0 bridgehead atoms. The summed E-state index contributed by atoms with van der Waals surface area (Å²) in [5, 5.41) is 0. The largest absolute Gasteiger partial charge is 0.482 e. The second-order valence-electron chi connectivity index (χ2n) is 9.30. The molecule has 6 nitrogen and oxygen atoms in total. The molecule has 0 amide bonds. The number of carbonyl (C=O) groups is 1. The molecule has 1 aromatic rings. The van der Waals surface area contributed by atoms with Gasteiger partial charge in [0, 0.05) is 6.54 Å². The molecule has 0 aliphatic rings. The van der Waals surface area contributed by atoms with Gasteiger partial charge in [0.15, 0.2) is 6.61 Å². The molecule has 202 valence electrons. The second kappa shape index (κ2) is 20.6. The van der Waals surface area contributed by atoms with E-state index in [1.54, 1.807) is 19.1 Å². The number of unbranched alkanes of at least 4 members (excludes halogenated alkanes) is 13. The molecule has 0 saturated carbocycles. The van der Waals surface area contributed by atoms with Crippen LogP contribution in [0.25, 0.3) is 0 Å². The molecule has 0 fully saturated rings. The van der Waals surface area contributed by atoms with Crippen molar-refractivity contribution in [3.05, 3.63) is 29.8 Å². The molecule has 0 atom stereocenters. The van der Waals surface area contributed by atoms with Gasteiger partial charge >= 0.3 is 5.97 Å². The Hall–Kier alpha value is -1.60. The van der Waals surface area contributed by atoms with E-state index in [-0.39, 0.29) is 12.4 Å². The molecule has 0 spiro atoms. The number of esters is 1. The highest BCUT2D eigenvalue weighted by atomic mass is 32.2. The average molecular weight is 512 g/mol. The minimum Gasteiger partial charge on any atom is -0.482 e. The molecule has 0 aliphatic carbocycles. The predicted molar refractivity (Wildman–Crippen MR) is 144 cm³/mol. The van der Waals surface area contributed by atoms with Crippen molar-refractivity contribution >= 4 is 16.0 Å². The Morgan fingerprint density at radius 1 is 0.771 bits per heavy atom. The highest BCUT2D eigenvalue weighted by Crippen LogP contribution is 2.14. The molecule has 1 rings (SSSR count). The predicted octanol–water partition coefficient (Wildman–Crippen LogP) is 6.57. The molecule has 0 saturated heterocycles. The number of carbonyl (C=O) groups excluding carboxylic acids is 1. The first-order valence-electron chi connectivity index (χ1n) is 13.8. The number of nitrogens with one attached hydrogen (secondary N) is 1. The first-order valence-corrected chi connectivity index (χ1v) is 15.5. The van der Waals surface area contributed by atoms with Crippen molar-refractivity contribution in [3.8, 4) is 5.75 Å². The molecule has 1 N–H and O–H groups in total. The molecular weight excluding hydrogens is 462 g/mol. The van der Waals surface area contributed by atoms with Crippen molar-refractivity contribution < 1.29 is 22.7 Å². The number of sulfonamides is 1. The van der Waals surface area contributed by atoms with Crippen LogP contribution in [0, 0.1) is 0 Å². The van der Waals surface area contributed by atoms with Crippen molar-refractivity contribution in [1.82, 2.24) is 4.72 Å². The third-order valence-corrected chi connectivity index (χ3v) is 7.56. The minimum atomic E-state index is -3.23. The number of hydrogen-bond acceptors (Lipinski definition) is 5. The Balaban J connectivity index is 2.01. The zero-order chi connectivity index (χ0) is 25.6. The van der Waals surface area contributed by atoms with E-state index in [9.17, 15) is 13.2 Å². The van der Waals surface area contributed by atoms with Gasteiger partial charge in [-0.3, -0.25) is 0 Å². The van der Waals surface area contributed by atoms with E-state index in [4.69, 9.17) is 9.47 Å². The third-order valence-electron chi connectivity index (χ3n) is 6.09. The van der Waals surface area contributed by atoms with Crippen LogP contribution in [0.5, 0.6) is 5.75 Å². The Bertz CT molecular complexity index is 749. The zero-order valence-electron chi connectivity index (χ0n) is 22.2. The number of ether oxygens (including phenoxy) is 2. The van der Waals surface area contributed by atoms with Gasteiger partial charge in [-0.05, 0) is 37.5 Å². The van der Waals surface area contributed by atoms with Crippen LogP contribution in [0.2, 0.25) is 0 Å². The molecule has 0 heterocycles. The van der Waals surface area contributed by atoms with Crippen LogP contribution in [0.4, 0.5) is 0 Å². The van der Waals surface area contributed by atoms with Crippen molar-refractivity contribution in [2.24, 2.45) is 0 Å². The summed E-state index contributed by atoms with van der Waals surface area (Å²) < 4.78 is 37.3. The third kappa shape index (κ3) is 18.3. The van der Waals surface area contributed by atoms with Gasteiger partial charge in [0.05, 0.1) is 12.4 Å². The van der Waals surface area contributed by atoms with Crippen LogP contribution in [0.3, 0.4) is 0 Å². The monoisotopic (exact) mass is 511 g/mol. The van der Waals surface area contributed by atoms with Crippen LogP contribution in [0.15, 0.2) is 24.3 Å². The van der Waals surface area contributed by atoms with E-state index in [0.717, 1.165) is 24.8 Å². The molecule has 1 aromatic carbocycles. The van der Waals surface area contributed by atoms with Crippen LogP contribution < -0.4 is 9.46 Å². The quantitative estimate of drug-likeness (QED) is 0.133. The lowest BCUT2D eigenvalue weighted by Gasteiger charge is -2.08. The molecule has 0 unspecified atom stereocenters. The van der Waals surface area contributed by atoms with Gasteiger partial charge < -0.3 is 9.47 Å². The summed E-state index contributed by atoms with van der Waals surface area (Å²) in [5.74, 6) is 0.385. The first-order chi connectivity index (χ1) is 17.0. The molecule has 0 aromatic heterocycles. The van der Waals surface area contributed by atoms with E-state index in [2.05, 4.69) is 11.6 Å². The summed E-state index contributed by atoms with van der Waals surface area (Å²) in [4.78, 5) is 11.3. The fourth-order valence-corrected chi connectivity index (χ4v) is 5.15. The number of rotatable bonds is 23. The van der Waals surface area contributed by atoms with E-state index >= 15 is 0 Å². The SMILES string of the molecule is CCCCCCCCCCCCCCCCS(=O)(=O)NCCc1ccc(OCC(=O)OCC)cc1. The molecule has 7 heteroatoms. The maximum absolute atomic E-state index is 12.2. The smallest absolute Gasteiger partial charge is 0.344 e.